The van der Waals surface area contributed by atoms with Gasteiger partial charge in [-0.15, -0.1) is 5.10 Å². The maximum atomic E-state index is 15.5. The Morgan fingerprint density at radius 2 is 1.84 bits per heavy atom. The van der Waals surface area contributed by atoms with Crippen molar-refractivity contribution in [1.82, 2.24) is 45.3 Å². The summed E-state index contributed by atoms with van der Waals surface area (Å²) in [4.78, 5) is 54.3. The second kappa shape index (κ2) is 21.1. The van der Waals surface area contributed by atoms with Crippen molar-refractivity contribution in [3.8, 4) is 5.69 Å². The monoisotopic (exact) mass is 1050 g/mol. The predicted octanol–water partition coefficient (Wildman–Crippen LogP) is 4.29. The molecule has 8 atom stereocenters. The fraction of sp³-hybridized carbons (Fsp3) is 0.560. The fourth-order valence-corrected chi connectivity index (χ4v) is 12.1. The number of hydrogen-bond donors (Lipinski definition) is 4. The minimum absolute atomic E-state index is 0.0137. The molecule has 2 saturated carbocycles. The Balaban J connectivity index is 0.796. The van der Waals surface area contributed by atoms with Gasteiger partial charge in [0, 0.05) is 44.0 Å². The van der Waals surface area contributed by atoms with Gasteiger partial charge in [-0.2, -0.15) is 17.9 Å². The first-order valence-electron chi connectivity index (χ1n) is 25.0. The lowest BCUT2D eigenvalue weighted by atomic mass is 9.77. The molecule has 0 radical (unpaired) electrons. The third kappa shape index (κ3) is 10.3. The number of tetrazole rings is 1. The van der Waals surface area contributed by atoms with E-state index in [4.69, 9.17) is 25.8 Å². The van der Waals surface area contributed by atoms with Crippen molar-refractivity contribution in [2.24, 2.45) is 17.8 Å². The summed E-state index contributed by atoms with van der Waals surface area (Å²) in [6.45, 7) is 1.42. The summed E-state index contributed by atoms with van der Waals surface area (Å²) in [6, 6.07) is 4.87. The van der Waals surface area contributed by atoms with Gasteiger partial charge in [0.2, 0.25) is 17.7 Å². The van der Waals surface area contributed by atoms with Crippen molar-refractivity contribution < 1.29 is 56.4 Å². The van der Waals surface area contributed by atoms with Crippen molar-refractivity contribution in [2.45, 2.75) is 106 Å². The summed E-state index contributed by atoms with van der Waals surface area (Å²) >= 11 is 6.16. The van der Waals surface area contributed by atoms with Crippen LogP contribution < -0.4 is 15.5 Å². The zero-order chi connectivity index (χ0) is 52.1. The van der Waals surface area contributed by atoms with E-state index in [0.29, 0.717) is 55.4 Å². The lowest BCUT2D eigenvalue weighted by molar-refractivity contribution is -0.234. The number of aromatic nitrogens is 6. The Kier molecular flexibility index (Phi) is 14.8. The lowest BCUT2D eigenvalue weighted by Crippen LogP contribution is -2.64. The molecule has 0 spiro atoms. The van der Waals surface area contributed by atoms with Gasteiger partial charge in [0.25, 0.3) is 0 Å². The molecule has 3 saturated heterocycles. The summed E-state index contributed by atoms with van der Waals surface area (Å²) < 4.78 is 74.8. The molecule has 2 aromatic heterocycles. The second-order valence-corrected chi connectivity index (χ2v) is 20.8. The van der Waals surface area contributed by atoms with E-state index in [2.05, 4.69) is 42.2 Å². The van der Waals surface area contributed by atoms with Crippen LogP contribution in [-0.4, -0.2) is 158 Å². The van der Waals surface area contributed by atoms with E-state index >= 15 is 4.39 Å². The number of rotatable bonds is 13. The SMILES string of the molecule is CNC(=O)[C@@H]1c2cc(CC3CCC(C4CCC(OC[C@@]56CO[C@@H](O5)[C@H](Nc5cncc(C(F)(F)F)n5)[C@@H](O)[C@H]6O)CC4)C3)cc(N3CCN(C)CC3=O)c2CCN1C(=O)/C=C/c1c(-n2cnnn2)ccc(Cl)c1F. The van der Waals surface area contributed by atoms with Crippen LogP contribution in [-0.2, 0) is 47.6 Å². The first-order valence-corrected chi connectivity index (χ1v) is 25.4. The molecule has 2 aromatic carbocycles. The molecule has 6 heterocycles. The average molecular weight is 1050 g/mol. The lowest BCUT2D eigenvalue weighted by Gasteiger charge is -2.43. The van der Waals surface area contributed by atoms with Crippen molar-refractivity contribution in [3.05, 3.63) is 87.9 Å². The summed E-state index contributed by atoms with van der Waals surface area (Å²) in [5.41, 5.74) is 0.883. The number of amides is 3. The number of carbonyl (C=O) groups is 3. The van der Waals surface area contributed by atoms with Gasteiger partial charge in [0.05, 0.1) is 49.0 Å². The average Bonchev–Trinajstić information content (AvgIpc) is 4.19. The minimum Gasteiger partial charge on any atom is -0.388 e. The van der Waals surface area contributed by atoms with Gasteiger partial charge in [-0.25, -0.2) is 9.37 Å². The number of fused-ring (bicyclic) bond motifs is 3. The highest BCUT2D eigenvalue weighted by Crippen LogP contribution is 2.46. The minimum atomic E-state index is -4.72. The summed E-state index contributed by atoms with van der Waals surface area (Å²) in [6.07, 6.45) is 4.22. The van der Waals surface area contributed by atoms with Crippen LogP contribution in [0.15, 0.2) is 49.1 Å². The van der Waals surface area contributed by atoms with Crippen molar-refractivity contribution in [1.29, 1.82) is 0 Å². The van der Waals surface area contributed by atoms with Crippen LogP contribution in [0.2, 0.25) is 5.02 Å². The van der Waals surface area contributed by atoms with E-state index in [-0.39, 0.29) is 60.4 Å². The Morgan fingerprint density at radius 3 is 2.58 bits per heavy atom. The first-order chi connectivity index (χ1) is 35.5. The quantitative estimate of drug-likeness (QED) is 0.108. The number of piperazine rings is 1. The molecule has 396 valence electrons. The molecule has 10 rings (SSSR count). The van der Waals surface area contributed by atoms with Gasteiger partial charge < -0.3 is 44.9 Å². The molecule has 24 heteroatoms. The van der Waals surface area contributed by atoms with Crippen LogP contribution in [0.1, 0.15) is 78.9 Å². The highest BCUT2D eigenvalue weighted by Gasteiger charge is 2.60. The molecule has 2 bridgehead atoms. The number of carbonyl (C=O) groups excluding carboxylic acids is 3. The number of nitrogens with zero attached hydrogens (tertiary/aromatic N) is 9. The Bertz CT molecular complexity index is 2770. The van der Waals surface area contributed by atoms with Crippen LogP contribution >= 0.6 is 11.6 Å². The predicted molar refractivity (Wildman–Crippen MR) is 258 cm³/mol. The number of halogens is 5. The molecule has 6 aliphatic rings. The molecule has 2 aliphatic carbocycles. The molecular weight excluding hydrogens is 994 g/mol. The van der Waals surface area contributed by atoms with Gasteiger partial charge >= 0.3 is 6.18 Å². The third-order valence-electron chi connectivity index (χ3n) is 15.8. The highest BCUT2D eigenvalue weighted by molar-refractivity contribution is 6.31. The van der Waals surface area contributed by atoms with Crippen molar-refractivity contribution in [2.75, 3.05) is 63.7 Å². The Labute approximate surface area is 428 Å². The molecule has 2 unspecified atom stereocenters. The number of nitrogens with one attached hydrogen (secondary N) is 2. The highest BCUT2D eigenvalue weighted by atomic mass is 35.5. The molecule has 4 N–H and O–H groups in total. The maximum Gasteiger partial charge on any atom is 0.434 e. The molecule has 4 aromatic rings. The van der Waals surface area contributed by atoms with Crippen LogP contribution in [0.3, 0.4) is 0 Å². The van der Waals surface area contributed by atoms with E-state index in [1.54, 1.807) is 0 Å². The van der Waals surface area contributed by atoms with Gasteiger partial charge in [-0.1, -0.05) is 17.7 Å². The van der Waals surface area contributed by atoms with Crippen LogP contribution in [0.5, 0.6) is 0 Å². The van der Waals surface area contributed by atoms with Gasteiger partial charge in [0.1, 0.15) is 42.0 Å². The third-order valence-corrected chi connectivity index (χ3v) is 16.1. The normalized spacial score (nSPS) is 29.5. The summed E-state index contributed by atoms with van der Waals surface area (Å²) in [5.74, 6) is -0.718. The van der Waals surface area contributed by atoms with Crippen LogP contribution in [0.25, 0.3) is 11.8 Å². The number of benzene rings is 2. The van der Waals surface area contributed by atoms with E-state index in [9.17, 15) is 37.8 Å². The standard InChI is InChI=1S/C50H58ClF4N11O8/c1-56-47(71)44-34-19-28(20-37(64-16-15-63(2)23-41(64)68)32(34)13-14-65(44)40(67)12-9-33-36(66-26-58-61-62-66)11-10-35(51)42(33)52)17-27-3-4-30(18-27)29-5-7-31(8-6-29)72-24-49-25-73-48(74-49)43(45(69)46(49)70)60-39-22-57-21-38(59-39)50(53,54)55/h9-12,19-22,26-27,29-31,43-46,48,69-70H,3-8,13-18,23-25H2,1-2H3,(H,56,71)(H,59,60)/b12-9+/t27?,29?,30?,31?,43-,44+,45-,46-,48+,49+/m1/s1. The second-order valence-electron chi connectivity index (χ2n) is 20.4. The van der Waals surface area contributed by atoms with Gasteiger partial charge in [-0.3, -0.25) is 24.3 Å². The molecule has 4 aliphatic heterocycles. The topological polar surface area (TPSA) is 223 Å². The first kappa shape index (κ1) is 51.8. The van der Waals surface area contributed by atoms with E-state index < -0.39 is 65.7 Å². The summed E-state index contributed by atoms with van der Waals surface area (Å²) in [7, 11) is 3.42. The molecule has 19 nitrogen and oxygen atoms in total. The number of anilines is 2. The van der Waals surface area contributed by atoms with E-state index in [1.807, 2.05) is 22.9 Å². The molecule has 3 amide bonds. The fourth-order valence-electron chi connectivity index (χ4n) is 11.9. The number of ether oxygens (including phenoxy) is 3. The number of hydrogen-bond acceptors (Lipinski definition) is 15. The van der Waals surface area contributed by atoms with E-state index in [1.165, 1.54) is 47.2 Å². The zero-order valence-electron chi connectivity index (χ0n) is 40.8. The van der Waals surface area contributed by atoms with Gasteiger partial charge in [0.15, 0.2) is 17.8 Å². The zero-order valence-corrected chi connectivity index (χ0v) is 41.5. The van der Waals surface area contributed by atoms with Crippen molar-refractivity contribution >= 4 is 46.9 Å². The number of aliphatic hydroxyl groups is 2. The Morgan fingerprint density at radius 1 is 1.04 bits per heavy atom. The van der Waals surface area contributed by atoms with Crippen LogP contribution in [0.4, 0.5) is 29.1 Å². The number of likely N-dealkylation sites (N-methyl/N-ethyl adjacent to an activating group) is 2. The van der Waals surface area contributed by atoms with Gasteiger partial charge in [-0.05, 0) is 134 Å². The van der Waals surface area contributed by atoms with Crippen molar-refractivity contribution in [3.63, 3.8) is 0 Å². The molecule has 74 heavy (non-hydrogen) atoms. The van der Waals surface area contributed by atoms with E-state index in [0.717, 1.165) is 68.0 Å². The maximum absolute atomic E-state index is 15.5. The number of alkyl halides is 3. The smallest absolute Gasteiger partial charge is 0.388 e. The Hall–Kier alpha value is -5.69. The molecule has 5 fully saturated rings. The number of aliphatic hydroxyl groups excluding tert-OH is 2. The largest absolute Gasteiger partial charge is 0.434 e. The summed E-state index contributed by atoms with van der Waals surface area (Å²) in [5, 5.41) is 38.9. The molecular formula is C50H58ClF4N11O8. The van der Waals surface area contributed by atoms with Crippen LogP contribution in [0, 0.1) is 23.6 Å².